The highest BCUT2D eigenvalue weighted by molar-refractivity contribution is 7.78. The summed E-state index contributed by atoms with van der Waals surface area (Å²) in [6.07, 6.45) is 15.3. The van der Waals surface area contributed by atoms with Gasteiger partial charge in [-0.15, -0.1) is 6.58 Å². The van der Waals surface area contributed by atoms with Crippen molar-refractivity contribution in [3.63, 3.8) is 0 Å². The van der Waals surface area contributed by atoms with Gasteiger partial charge in [0.1, 0.15) is 0 Å². The molecule has 82 valence electrons. The first-order chi connectivity index (χ1) is 6.91. The maximum absolute atomic E-state index is 4.78. The molecule has 0 aliphatic carbocycles. The monoisotopic (exact) mass is 212 g/mol. The van der Waals surface area contributed by atoms with E-state index in [-0.39, 0.29) is 0 Å². The lowest BCUT2D eigenvalue weighted by molar-refractivity contribution is 0.574. The molecule has 0 aromatic heterocycles. The van der Waals surface area contributed by atoms with E-state index in [1.165, 1.54) is 57.8 Å². The van der Waals surface area contributed by atoms with Crippen molar-refractivity contribution in [2.24, 2.45) is 0 Å². The van der Waals surface area contributed by atoms with Crippen LogP contribution in [0.25, 0.3) is 0 Å². The molecule has 0 unspecified atom stereocenters. The zero-order chi connectivity index (χ0) is 10.5. The van der Waals surface area contributed by atoms with Crippen LogP contribution in [0.4, 0.5) is 0 Å². The number of hydrogen-bond acceptors (Lipinski definition) is 1. The van der Waals surface area contributed by atoms with Crippen molar-refractivity contribution < 1.29 is 0 Å². The van der Waals surface area contributed by atoms with Gasteiger partial charge >= 0.3 is 0 Å². The number of unbranched alkanes of at least 4 members (excludes halogenated alkanes) is 9. The van der Waals surface area contributed by atoms with Crippen molar-refractivity contribution in [2.75, 3.05) is 0 Å². The molecule has 0 saturated carbocycles. The van der Waals surface area contributed by atoms with Crippen LogP contribution < -0.4 is 0 Å². The van der Waals surface area contributed by atoms with Crippen LogP contribution in [0.5, 0.6) is 0 Å². The van der Waals surface area contributed by atoms with Gasteiger partial charge in [-0.05, 0) is 31.1 Å². The molecule has 0 atom stereocenters. The molecule has 0 N–H and O–H groups in total. The second-order valence-electron chi connectivity index (χ2n) is 3.86. The van der Waals surface area contributed by atoms with Crippen molar-refractivity contribution in [2.45, 2.75) is 64.2 Å². The summed E-state index contributed by atoms with van der Waals surface area (Å²) in [6.45, 7) is 3.72. The van der Waals surface area contributed by atoms with Gasteiger partial charge in [-0.1, -0.05) is 56.8 Å². The smallest absolute Gasteiger partial charge is 0.0210 e. The van der Waals surface area contributed by atoms with Gasteiger partial charge in [0.2, 0.25) is 0 Å². The summed E-state index contributed by atoms with van der Waals surface area (Å²) in [4.78, 5) is 0. The zero-order valence-corrected chi connectivity index (χ0v) is 10.2. The van der Waals surface area contributed by atoms with Crippen LogP contribution in [-0.2, 0) is 0 Å². The average molecular weight is 212 g/mol. The molecule has 0 saturated heterocycles. The number of rotatable bonds is 11. The molecule has 0 nitrogen and oxygen atoms in total. The molecule has 0 aromatic rings. The van der Waals surface area contributed by atoms with E-state index in [1.54, 1.807) is 0 Å². The summed E-state index contributed by atoms with van der Waals surface area (Å²) in [5.41, 5.74) is 0. The first-order valence-corrected chi connectivity index (χ1v) is 6.43. The molecule has 0 heterocycles. The minimum absolute atomic E-state index is 1.12. The zero-order valence-electron chi connectivity index (χ0n) is 9.34. The lowest BCUT2D eigenvalue weighted by Crippen LogP contribution is -1.81. The fourth-order valence-corrected chi connectivity index (χ4v) is 1.74. The van der Waals surface area contributed by atoms with E-state index in [4.69, 9.17) is 12.2 Å². The number of allylic oxidation sites excluding steroid dienone is 1. The molecule has 0 fully saturated rings. The molecule has 0 aromatic carbocycles. The molecular weight excluding hydrogens is 188 g/mol. The maximum Gasteiger partial charge on any atom is -0.0210 e. The largest absolute Gasteiger partial charge is 0.103 e. The van der Waals surface area contributed by atoms with Crippen LogP contribution in [0.15, 0.2) is 12.7 Å². The van der Waals surface area contributed by atoms with Crippen molar-refractivity contribution in [1.29, 1.82) is 0 Å². The SMILES string of the molecule is C=CCCCCCCCCCCC=S. The highest BCUT2D eigenvalue weighted by atomic mass is 32.1. The molecule has 0 spiro atoms. The highest BCUT2D eigenvalue weighted by Crippen LogP contribution is 2.10. The van der Waals surface area contributed by atoms with Gasteiger partial charge in [-0.25, -0.2) is 0 Å². The molecule has 0 rings (SSSR count). The van der Waals surface area contributed by atoms with Crippen LogP contribution in [0.1, 0.15) is 64.2 Å². The minimum Gasteiger partial charge on any atom is -0.103 e. The summed E-state index contributed by atoms with van der Waals surface area (Å²) < 4.78 is 0. The van der Waals surface area contributed by atoms with Gasteiger partial charge in [-0.3, -0.25) is 0 Å². The topological polar surface area (TPSA) is 0 Å². The van der Waals surface area contributed by atoms with Gasteiger partial charge in [-0.2, -0.15) is 0 Å². The van der Waals surface area contributed by atoms with Crippen molar-refractivity contribution in [3.8, 4) is 0 Å². The van der Waals surface area contributed by atoms with E-state index in [0.29, 0.717) is 0 Å². The van der Waals surface area contributed by atoms with Crippen molar-refractivity contribution >= 4 is 17.6 Å². The molecule has 0 radical (unpaired) electrons. The lowest BCUT2D eigenvalue weighted by Gasteiger charge is -2.00. The number of thiocarbonyl (C=S) groups is 1. The second-order valence-corrected chi connectivity index (χ2v) is 4.19. The number of hydrogen-bond donors (Lipinski definition) is 0. The van der Waals surface area contributed by atoms with E-state index < -0.39 is 0 Å². The molecule has 0 aliphatic heterocycles. The van der Waals surface area contributed by atoms with Crippen LogP contribution in [0, 0.1) is 0 Å². The lowest BCUT2D eigenvalue weighted by atomic mass is 10.1. The molecule has 1 heteroatoms. The third kappa shape index (κ3) is 11.8. The highest BCUT2D eigenvalue weighted by Gasteiger charge is 1.90. The minimum atomic E-state index is 1.12. The Morgan fingerprint density at radius 3 is 1.57 bits per heavy atom. The normalized spacial score (nSPS) is 10.0. The summed E-state index contributed by atoms with van der Waals surface area (Å²) in [5.74, 6) is 0. The predicted octanol–water partition coefficient (Wildman–Crippen LogP) is 5.07. The summed E-state index contributed by atoms with van der Waals surface area (Å²) in [7, 11) is 0. The Kier molecular flexibility index (Phi) is 12.7. The molecular formula is C13H24S. The van der Waals surface area contributed by atoms with Gasteiger partial charge in [0.15, 0.2) is 0 Å². The van der Waals surface area contributed by atoms with Crippen LogP contribution in [-0.4, -0.2) is 5.37 Å². The van der Waals surface area contributed by atoms with E-state index in [0.717, 1.165) is 6.42 Å². The maximum atomic E-state index is 4.78. The van der Waals surface area contributed by atoms with Crippen molar-refractivity contribution in [1.82, 2.24) is 0 Å². The van der Waals surface area contributed by atoms with Crippen LogP contribution >= 0.6 is 12.2 Å². The Hall–Kier alpha value is -0.170. The Balaban J connectivity index is 2.84. The van der Waals surface area contributed by atoms with Crippen LogP contribution in [0.3, 0.4) is 0 Å². The summed E-state index contributed by atoms with van der Waals surface area (Å²) >= 11 is 4.78. The Labute approximate surface area is 94.8 Å². The third-order valence-corrected chi connectivity index (χ3v) is 2.72. The quantitative estimate of drug-likeness (QED) is 0.262. The van der Waals surface area contributed by atoms with E-state index in [9.17, 15) is 0 Å². The van der Waals surface area contributed by atoms with Gasteiger partial charge < -0.3 is 0 Å². The molecule has 0 bridgehead atoms. The fraction of sp³-hybridized carbons (Fsp3) is 0.769. The average Bonchev–Trinajstić information content (AvgIpc) is 2.21. The Morgan fingerprint density at radius 2 is 1.14 bits per heavy atom. The van der Waals surface area contributed by atoms with Crippen LogP contribution in [0.2, 0.25) is 0 Å². The van der Waals surface area contributed by atoms with Gasteiger partial charge in [0.05, 0.1) is 0 Å². The Morgan fingerprint density at radius 1 is 0.714 bits per heavy atom. The molecule has 0 amide bonds. The van der Waals surface area contributed by atoms with Gasteiger partial charge in [0.25, 0.3) is 0 Å². The second kappa shape index (κ2) is 12.8. The van der Waals surface area contributed by atoms with Gasteiger partial charge in [0, 0.05) is 0 Å². The summed E-state index contributed by atoms with van der Waals surface area (Å²) in [5, 5.41) is 1.86. The van der Waals surface area contributed by atoms with E-state index >= 15 is 0 Å². The predicted molar refractivity (Wildman–Crippen MR) is 70.0 cm³/mol. The fourth-order valence-electron chi connectivity index (χ4n) is 1.58. The Bertz CT molecular complexity index is 113. The molecule has 14 heavy (non-hydrogen) atoms. The third-order valence-electron chi connectivity index (χ3n) is 2.48. The summed E-state index contributed by atoms with van der Waals surface area (Å²) in [6, 6.07) is 0. The first-order valence-electron chi connectivity index (χ1n) is 5.96. The first kappa shape index (κ1) is 13.8. The van der Waals surface area contributed by atoms with Crippen molar-refractivity contribution in [3.05, 3.63) is 12.7 Å². The molecule has 0 aliphatic rings. The van der Waals surface area contributed by atoms with E-state index in [2.05, 4.69) is 6.58 Å². The standard InChI is InChI=1S/C13H24S/c1-2-3-4-5-6-7-8-9-10-11-12-13-14/h2,13H,1,3-12H2. The van der Waals surface area contributed by atoms with E-state index in [1.807, 2.05) is 11.4 Å².